The molecule has 24 heavy (non-hydrogen) atoms. The highest BCUT2D eigenvalue weighted by atomic mass is 35.5. The van der Waals surface area contributed by atoms with Gasteiger partial charge in [-0.3, -0.25) is 4.79 Å². The van der Waals surface area contributed by atoms with E-state index in [2.05, 4.69) is 4.90 Å². The number of carbonyl (C=O) groups is 1. The van der Waals surface area contributed by atoms with Crippen LogP contribution in [0.4, 0.5) is 0 Å². The summed E-state index contributed by atoms with van der Waals surface area (Å²) >= 11 is 6.25. The van der Waals surface area contributed by atoms with E-state index < -0.39 is 5.41 Å². The van der Waals surface area contributed by atoms with Gasteiger partial charge in [-0.1, -0.05) is 48.4 Å². The normalized spacial score (nSPS) is 23.8. The van der Waals surface area contributed by atoms with Crippen LogP contribution in [0.1, 0.15) is 30.4 Å². The SMILES string of the molecule is O=C1Oc2ccc(Cl)cc2C1(CN1CCCCC1)c1ccccc1. The number of halogens is 1. The summed E-state index contributed by atoms with van der Waals surface area (Å²) in [7, 11) is 0. The number of fused-ring (bicyclic) bond motifs is 1. The quantitative estimate of drug-likeness (QED) is 0.623. The van der Waals surface area contributed by atoms with E-state index in [9.17, 15) is 4.79 Å². The van der Waals surface area contributed by atoms with E-state index in [1.54, 1.807) is 12.1 Å². The molecule has 0 aromatic heterocycles. The summed E-state index contributed by atoms with van der Waals surface area (Å²) in [6.07, 6.45) is 3.63. The maximum atomic E-state index is 13.0. The lowest BCUT2D eigenvalue weighted by molar-refractivity contribution is -0.137. The van der Waals surface area contributed by atoms with E-state index >= 15 is 0 Å². The number of likely N-dealkylation sites (tertiary alicyclic amines) is 1. The number of benzene rings is 2. The van der Waals surface area contributed by atoms with Crippen LogP contribution in [0.2, 0.25) is 5.02 Å². The first-order chi connectivity index (χ1) is 11.7. The van der Waals surface area contributed by atoms with Gasteiger partial charge in [0.1, 0.15) is 11.2 Å². The molecule has 2 heterocycles. The standard InChI is InChI=1S/C20H20ClNO2/c21-16-9-10-18-17(13-16)20(19(23)24-18,15-7-3-1-4-8-15)14-22-11-5-2-6-12-22/h1,3-4,7-10,13H,2,5-6,11-12,14H2. The van der Waals surface area contributed by atoms with E-state index in [0.717, 1.165) is 24.2 Å². The lowest BCUT2D eigenvalue weighted by Crippen LogP contribution is -2.47. The van der Waals surface area contributed by atoms with Crippen molar-refractivity contribution in [1.29, 1.82) is 0 Å². The molecular weight excluding hydrogens is 322 g/mol. The van der Waals surface area contributed by atoms with Crippen LogP contribution in [-0.4, -0.2) is 30.5 Å². The molecule has 0 saturated carbocycles. The maximum absolute atomic E-state index is 13.0. The number of piperidine rings is 1. The molecule has 3 nitrogen and oxygen atoms in total. The van der Waals surface area contributed by atoms with Gasteiger partial charge in [0.05, 0.1) is 0 Å². The van der Waals surface area contributed by atoms with Crippen molar-refractivity contribution in [3.63, 3.8) is 0 Å². The topological polar surface area (TPSA) is 29.5 Å². The molecule has 0 radical (unpaired) electrons. The van der Waals surface area contributed by atoms with Crippen LogP contribution in [0.25, 0.3) is 0 Å². The van der Waals surface area contributed by atoms with Crippen LogP contribution in [0, 0.1) is 0 Å². The van der Waals surface area contributed by atoms with Gasteiger partial charge in [0, 0.05) is 17.1 Å². The Balaban J connectivity index is 1.85. The first kappa shape index (κ1) is 15.7. The third-order valence-electron chi connectivity index (χ3n) is 5.13. The number of hydrogen-bond acceptors (Lipinski definition) is 3. The largest absolute Gasteiger partial charge is 0.425 e. The highest BCUT2D eigenvalue weighted by Crippen LogP contribution is 2.46. The van der Waals surface area contributed by atoms with Gasteiger partial charge in [-0.2, -0.15) is 0 Å². The highest BCUT2D eigenvalue weighted by molar-refractivity contribution is 6.30. The van der Waals surface area contributed by atoms with Gasteiger partial charge in [-0.05, 0) is 49.7 Å². The number of ether oxygens (including phenoxy) is 1. The summed E-state index contributed by atoms with van der Waals surface area (Å²) in [5.74, 6) is 0.432. The molecule has 2 aliphatic heterocycles. The molecule has 4 heteroatoms. The second kappa shape index (κ2) is 6.23. The second-order valence-electron chi connectivity index (χ2n) is 6.64. The predicted molar refractivity (Wildman–Crippen MR) is 94.6 cm³/mol. The molecule has 0 bridgehead atoms. The Morgan fingerprint density at radius 1 is 1.04 bits per heavy atom. The zero-order chi connectivity index (χ0) is 16.6. The molecule has 0 amide bonds. The predicted octanol–water partition coefficient (Wildman–Crippen LogP) is 4.03. The smallest absolute Gasteiger partial charge is 0.327 e. The Labute approximate surface area is 147 Å². The zero-order valence-corrected chi connectivity index (χ0v) is 14.3. The minimum atomic E-state index is -0.793. The Morgan fingerprint density at radius 2 is 1.79 bits per heavy atom. The highest BCUT2D eigenvalue weighted by Gasteiger charge is 2.51. The van der Waals surface area contributed by atoms with Crippen LogP contribution in [0.3, 0.4) is 0 Å². The average molecular weight is 342 g/mol. The molecule has 2 aliphatic rings. The molecule has 0 aliphatic carbocycles. The molecule has 1 fully saturated rings. The van der Waals surface area contributed by atoms with Crippen molar-refractivity contribution in [3.05, 3.63) is 64.7 Å². The van der Waals surface area contributed by atoms with Gasteiger partial charge in [-0.25, -0.2) is 0 Å². The Kier molecular flexibility index (Phi) is 4.07. The molecule has 124 valence electrons. The molecule has 2 aromatic rings. The summed E-state index contributed by atoms with van der Waals surface area (Å²) in [4.78, 5) is 15.4. The summed E-state index contributed by atoms with van der Waals surface area (Å²) in [6.45, 7) is 2.69. The zero-order valence-electron chi connectivity index (χ0n) is 13.5. The minimum absolute atomic E-state index is 0.198. The van der Waals surface area contributed by atoms with Crippen molar-refractivity contribution >= 4 is 17.6 Å². The van der Waals surface area contributed by atoms with Gasteiger partial charge >= 0.3 is 5.97 Å². The van der Waals surface area contributed by atoms with E-state index in [1.165, 1.54) is 19.3 Å². The molecule has 1 unspecified atom stereocenters. The maximum Gasteiger partial charge on any atom is 0.327 e. The number of nitrogens with zero attached hydrogens (tertiary/aromatic N) is 1. The van der Waals surface area contributed by atoms with Crippen molar-refractivity contribution in [2.75, 3.05) is 19.6 Å². The summed E-state index contributed by atoms with van der Waals surface area (Å²) in [5, 5.41) is 0.631. The van der Waals surface area contributed by atoms with Gasteiger partial charge in [0.2, 0.25) is 0 Å². The van der Waals surface area contributed by atoms with Crippen LogP contribution < -0.4 is 4.74 Å². The molecule has 0 N–H and O–H groups in total. The fourth-order valence-electron chi connectivity index (χ4n) is 3.91. The lowest BCUT2D eigenvalue weighted by atomic mass is 9.74. The molecule has 1 saturated heterocycles. The first-order valence-electron chi connectivity index (χ1n) is 8.50. The van der Waals surface area contributed by atoms with E-state index in [0.29, 0.717) is 17.3 Å². The monoisotopic (exact) mass is 341 g/mol. The van der Waals surface area contributed by atoms with Crippen LogP contribution in [-0.2, 0) is 10.2 Å². The Bertz CT molecular complexity index is 755. The van der Waals surface area contributed by atoms with Crippen LogP contribution in [0.15, 0.2) is 48.5 Å². The average Bonchev–Trinajstić information content (AvgIpc) is 2.89. The Hall–Kier alpha value is -1.84. The van der Waals surface area contributed by atoms with Gasteiger partial charge in [-0.15, -0.1) is 0 Å². The van der Waals surface area contributed by atoms with Gasteiger partial charge < -0.3 is 9.64 Å². The minimum Gasteiger partial charge on any atom is -0.425 e. The number of rotatable bonds is 3. The van der Waals surface area contributed by atoms with E-state index in [4.69, 9.17) is 16.3 Å². The molecule has 1 atom stereocenters. The summed E-state index contributed by atoms with van der Waals surface area (Å²) in [6, 6.07) is 15.4. The molecule has 2 aromatic carbocycles. The second-order valence-corrected chi connectivity index (χ2v) is 7.07. The van der Waals surface area contributed by atoms with Crippen LogP contribution >= 0.6 is 11.6 Å². The molecule has 4 rings (SSSR count). The van der Waals surface area contributed by atoms with Crippen molar-refractivity contribution in [1.82, 2.24) is 4.90 Å². The van der Waals surface area contributed by atoms with Crippen molar-refractivity contribution in [2.24, 2.45) is 0 Å². The fraction of sp³-hybridized carbons (Fsp3) is 0.350. The van der Waals surface area contributed by atoms with Crippen molar-refractivity contribution in [3.8, 4) is 5.75 Å². The fourth-order valence-corrected chi connectivity index (χ4v) is 4.08. The van der Waals surface area contributed by atoms with Crippen LogP contribution in [0.5, 0.6) is 5.75 Å². The lowest BCUT2D eigenvalue weighted by Gasteiger charge is -2.35. The summed E-state index contributed by atoms with van der Waals surface area (Å²) in [5.41, 5.74) is 1.07. The van der Waals surface area contributed by atoms with E-state index in [-0.39, 0.29) is 5.97 Å². The number of hydrogen-bond donors (Lipinski definition) is 0. The third kappa shape index (κ3) is 2.52. The third-order valence-corrected chi connectivity index (χ3v) is 5.36. The van der Waals surface area contributed by atoms with E-state index in [1.807, 2.05) is 36.4 Å². The number of esters is 1. The van der Waals surface area contributed by atoms with Gasteiger partial charge in [0.25, 0.3) is 0 Å². The van der Waals surface area contributed by atoms with Crippen molar-refractivity contribution < 1.29 is 9.53 Å². The van der Waals surface area contributed by atoms with Gasteiger partial charge in [0.15, 0.2) is 0 Å². The molecular formula is C20H20ClNO2. The Morgan fingerprint density at radius 3 is 2.54 bits per heavy atom. The molecule has 0 spiro atoms. The first-order valence-corrected chi connectivity index (χ1v) is 8.88. The summed E-state index contributed by atoms with van der Waals surface area (Å²) < 4.78 is 5.65. The van der Waals surface area contributed by atoms with Crippen molar-refractivity contribution in [2.45, 2.75) is 24.7 Å². The number of carbonyl (C=O) groups excluding carboxylic acids is 1.